The minimum atomic E-state index is 0.338. The van der Waals surface area contributed by atoms with Crippen LogP contribution in [0.1, 0.15) is 58.3 Å². The van der Waals surface area contributed by atoms with Crippen molar-refractivity contribution in [1.29, 1.82) is 0 Å². The number of rotatable bonds is 11. The SMILES string of the molecule is CCNC(=NCC1(CCOC)CCCC1)NCCCOC1CCOCC1. The number of hydrogen-bond donors (Lipinski definition) is 2. The van der Waals surface area contributed by atoms with Crippen LogP contribution in [-0.2, 0) is 14.2 Å². The number of guanidine groups is 1. The van der Waals surface area contributed by atoms with Gasteiger partial charge in [-0.1, -0.05) is 12.8 Å². The number of methoxy groups -OCH3 is 1. The van der Waals surface area contributed by atoms with Crippen LogP contribution in [0.2, 0.25) is 0 Å². The first kappa shape index (κ1) is 21.5. The van der Waals surface area contributed by atoms with E-state index in [-0.39, 0.29) is 0 Å². The van der Waals surface area contributed by atoms with Crippen LogP contribution in [0.3, 0.4) is 0 Å². The Morgan fingerprint density at radius 1 is 1.15 bits per heavy atom. The van der Waals surface area contributed by atoms with Crippen LogP contribution in [0, 0.1) is 5.41 Å². The highest BCUT2D eigenvalue weighted by Gasteiger charge is 2.33. The van der Waals surface area contributed by atoms with Gasteiger partial charge < -0.3 is 24.8 Å². The van der Waals surface area contributed by atoms with Crippen molar-refractivity contribution in [1.82, 2.24) is 10.6 Å². The van der Waals surface area contributed by atoms with E-state index >= 15 is 0 Å². The van der Waals surface area contributed by atoms with Crippen molar-refractivity contribution < 1.29 is 14.2 Å². The summed E-state index contributed by atoms with van der Waals surface area (Å²) in [4.78, 5) is 4.89. The average Bonchev–Trinajstić information content (AvgIpc) is 3.14. The lowest BCUT2D eigenvalue weighted by molar-refractivity contribution is -0.0320. The van der Waals surface area contributed by atoms with E-state index < -0.39 is 0 Å². The molecule has 0 amide bonds. The van der Waals surface area contributed by atoms with Crippen molar-refractivity contribution in [3.8, 4) is 0 Å². The summed E-state index contributed by atoms with van der Waals surface area (Å²) in [5.74, 6) is 0.933. The Hall–Kier alpha value is -0.850. The van der Waals surface area contributed by atoms with E-state index in [1.54, 1.807) is 7.11 Å². The van der Waals surface area contributed by atoms with Crippen molar-refractivity contribution >= 4 is 5.96 Å². The summed E-state index contributed by atoms with van der Waals surface area (Å²) in [6, 6.07) is 0. The average molecular weight is 370 g/mol. The van der Waals surface area contributed by atoms with Gasteiger partial charge in [-0.2, -0.15) is 0 Å². The monoisotopic (exact) mass is 369 g/mol. The lowest BCUT2D eigenvalue weighted by atomic mass is 9.83. The molecule has 0 bridgehead atoms. The van der Waals surface area contributed by atoms with Gasteiger partial charge in [0.05, 0.1) is 6.10 Å². The van der Waals surface area contributed by atoms with E-state index in [4.69, 9.17) is 19.2 Å². The van der Waals surface area contributed by atoms with Crippen LogP contribution >= 0.6 is 0 Å². The first-order chi connectivity index (χ1) is 12.8. The maximum absolute atomic E-state index is 5.93. The molecule has 0 aromatic rings. The van der Waals surface area contributed by atoms with Gasteiger partial charge in [0.25, 0.3) is 0 Å². The van der Waals surface area contributed by atoms with E-state index in [0.29, 0.717) is 11.5 Å². The maximum atomic E-state index is 5.93. The zero-order valence-corrected chi connectivity index (χ0v) is 16.9. The van der Waals surface area contributed by atoms with Gasteiger partial charge in [0.2, 0.25) is 0 Å². The molecule has 1 aliphatic heterocycles. The van der Waals surface area contributed by atoms with Crippen molar-refractivity contribution in [3.05, 3.63) is 0 Å². The molecule has 1 saturated carbocycles. The summed E-state index contributed by atoms with van der Waals surface area (Å²) in [5, 5.41) is 6.83. The first-order valence-electron chi connectivity index (χ1n) is 10.5. The summed E-state index contributed by atoms with van der Waals surface area (Å²) in [6.07, 6.45) is 9.76. The molecule has 1 aliphatic carbocycles. The van der Waals surface area contributed by atoms with Crippen LogP contribution in [0.25, 0.3) is 0 Å². The van der Waals surface area contributed by atoms with Crippen LogP contribution < -0.4 is 10.6 Å². The lowest BCUT2D eigenvalue weighted by Gasteiger charge is -2.27. The molecule has 2 N–H and O–H groups in total. The predicted octanol–water partition coefficient (Wildman–Crippen LogP) is 2.72. The van der Waals surface area contributed by atoms with Crippen LogP contribution in [0.5, 0.6) is 0 Å². The second-order valence-corrected chi connectivity index (χ2v) is 7.61. The number of nitrogens with zero attached hydrogens (tertiary/aromatic N) is 1. The predicted molar refractivity (Wildman–Crippen MR) is 106 cm³/mol. The molecule has 152 valence electrons. The normalized spacial score (nSPS) is 21.1. The van der Waals surface area contributed by atoms with E-state index in [0.717, 1.165) is 77.7 Å². The summed E-state index contributed by atoms with van der Waals surface area (Å²) in [5.41, 5.74) is 0.338. The fourth-order valence-electron chi connectivity index (χ4n) is 3.89. The Labute approximate surface area is 159 Å². The second-order valence-electron chi connectivity index (χ2n) is 7.61. The van der Waals surface area contributed by atoms with Crippen LogP contribution in [-0.4, -0.2) is 65.2 Å². The zero-order valence-electron chi connectivity index (χ0n) is 16.9. The minimum absolute atomic E-state index is 0.338. The Morgan fingerprint density at radius 2 is 1.92 bits per heavy atom. The minimum Gasteiger partial charge on any atom is -0.385 e. The Morgan fingerprint density at radius 3 is 2.62 bits per heavy atom. The molecule has 1 heterocycles. The van der Waals surface area contributed by atoms with Gasteiger partial charge in [-0.15, -0.1) is 0 Å². The van der Waals surface area contributed by atoms with E-state index in [1.807, 2.05) is 0 Å². The topological polar surface area (TPSA) is 64.1 Å². The number of aliphatic imine (C=N–C) groups is 1. The van der Waals surface area contributed by atoms with Gasteiger partial charge in [0.1, 0.15) is 0 Å². The standard InChI is InChI=1S/C20H39N3O3/c1-3-21-19(22-12-6-13-26-18-7-14-25-15-8-18)23-17-20(11-16-24-2)9-4-5-10-20/h18H,3-17H2,1-2H3,(H2,21,22,23). The molecule has 0 radical (unpaired) electrons. The van der Waals surface area contributed by atoms with E-state index in [1.165, 1.54) is 25.7 Å². The third-order valence-electron chi connectivity index (χ3n) is 5.55. The second kappa shape index (κ2) is 12.5. The molecule has 2 fully saturated rings. The molecule has 2 aliphatic rings. The van der Waals surface area contributed by atoms with Crippen molar-refractivity contribution in [3.63, 3.8) is 0 Å². The summed E-state index contributed by atoms with van der Waals surface area (Å²) < 4.78 is 16.6. The Bertz CT molecular complexity index is 392. The molecule has 6 heteroatoms. The first-order valence-corrected chi connectivity index (χ1v) is 10.5. The fourth-order valence-corrected chi connectivity index (χ4v) is 3.89. The van der Waals surface area contributed by atoms with Crippen molar-refractivity contribution in [2.45, 2.75) is 64.4 Å². The highest BCUT2D eigenvalue weighted by Crippen LogP contribution is 2.41. The molecular formula is C20H39N3O3. The molecule has 0 spiro atoms. The maximum Gasteiger partial charge on any atom is 0.191 e. The molecule has 0 unspecified atom stereocenters. The molecule has 26 heavy (non-hydrogen) atoms. The zero-order chi connectivity index (χ0) is 18.5. The molecule has 1 saturated heterocycles. The highest BCUT2D eigenvalue weighted by molar-refractivity contribution is 5.79. The van der Waals surface area contributed by atoms with Gasteiger partial charge >= 0.3 is 0 Å². The van der Waals surface area contributed by atoms with E-state index in [9.17, 15) is 0 Å². The third-order valence-corrected chi connectivity index (χ3v) is 5.55. The largest absolute Gasteiger partial charge is 0.385 e. The van der Waals surface area contributed by atoms with Crippen molar-refractivity contribution in [2.75, 3.05) is 53.2 Å². The molecule has 2 rings (SSSR count). The summed E-state index contributed by atoms with van der Waals surface area (Å²) in [6.45, 7) is 8.09. The highest BCUT2D eigenvalue weighted by atomic mass is 16.5. The van der Waals surface area contributed by atoms with Crippen LogP contribution in [0.4, 0.5) is 0 Å². The smallest absolute Gasteiger partial charge is 0.191 e. The summed E-state index contributed by atoms with van der Waals surface area (Å²) >= 11 is 0. The van der Waals surface area contributed by atoms with Crippen LogP contribution in [0.15, 0.2) is 4.99 Å². The Balaban J connectivity index is 1.69. The molecule has 6 nitrogen and oxygen atoms in total. The molecule has 0 aromatic carbocycles. The lowest BCUT2D eigenvalue weighted by Crippen LogP contribution is -2.39. The van der Waals surface area contributed by atoms with Gasteiger partial charge in [0, 0.05) is 53.2 Å². The number of ether oxygens (including phenoxy) is 3. The van der Waals surface area contributed by atoms with Gasteiger partial charge in [-0.05, 0) is 50.9 Å². The Kier molecular flexibility index (Phi) is 10.3. The number of nitrogens with one attached hydrogen (secondary N) is 2. The molecule has 0 aromatic heterocycles. The molecule has 0 atom stereocenters. The van der Waals surface area contributed by atoms with Crippen molar-refractivity contribution in [2.24, 2.45) is 10.4 Å². The molecular weight excluding hydrogens is 330 g/mol. The van der Waals surface area contributed by atoms with Gasteiger partial charge in [-0.3, -0.25) is 4.99 Å². The van der Waals surface area contributed by atoms with Gasteiger partial charge in [-0.25, -0.2) is 0 Å². The van der Waals surface area contributed by atoms with E-state index in [2.05, 4.69) is 17.6 Å². The third kappa shape index (κ3) is 7.80. The van der Waals surface area contributed by atoms with Gasteiger partial charge in [0.15, 0.2) is 5.96 Å². The number of hydrogen-bond acceptors (Lipinski definition) is 4. The summed E-state index contributed by atoms with van der Waals surface area (Å²) in [7, 11) is 1.79. The fraction of sp³-hybridized carbons (Fsp3) is 0.950. The quantitative estimate of drug-likeness (QED) is 0.333.